The van der Waals surface area contributed by atoms with Gasteiger partial charge in [-0.25, -0.2) is 0 Å². The molecule has 1 aliphatic heterocycles. The van der Waals surface area contributed by atoms with E-state index < -0.39 is 0 Å². The van der Waals surface area contributed by atoms with E-state index in [0.29, 0.717) is 19.1 Å². The van der Waals surface area contributed by atoms with Crippen LogP contribution >= 0.6 is 24.0 Å². The van der Waals surface area contributed by atoms with Gasteiger partial charge in [0.2, 0.25) is 5.91 Å². The Morgan fingerprint density at radius 3 is 2.68 bits per heavy atom. The molecule has 0 saturated heterocycles. The minimum absolute atomic E-state index is 0. The van der Waals surface area contributed by atoms with Gasteiger partial charge in [-0.05, 0) is 31.0 Å². The largest absolute Gasteiger partial charge is 0.494 e. The van der Waals surface area contributed by atoms with Gasteiger partial charge >= 0.3 is 0 Å². The molecule has 28 heavy (non-hydrogen) atoms. The lowest BCUT2D eigenvalue weighted by Crippen LogP contribution is -2.44. The molecule has 0 atom stereocenters. The van der Waals surface area contributed by atoms with Crippen molar-refractivity contribution in [3.63, 3.8) is 0 Å². The van der Waals surface area contributed by atoms with E-state index >= 15 is 0 Å². The Bertz CT molecular complexity index is 826. The second-order valence-corrected chi connectivity index (χ2v) is 6.24. The van der Waals surface area contributed by atoms with Crippen molar-refractivity contribution in [2.24, 2.45) is 4.99 Å². The van der Waals surface area contributed by atoms with Gasteiger partial charge in [0.25, 0.3) is 0 Å². The number of benzene rings is 2. The number of aliphatic imine (C=N–C) groups is 1. The first kappa shape index (κ1) is 22.0. The lowest BCUT2D eigenvalue weighted by Gasteiger charge is -2.19. The number of hydrogen-bond donors (Lipinski definition) is 2. The summed E-state index contributed by atoms with van der Waals surface area (Å²) in [6, 6.07) is 15.9. The zero-order valence-electron chi connectivity index (χ0n) is 16.3. The molecule has 0 radical (unpaired) electrons. The number of carbonyl (C=O) groups excluding carboxylic acids is 1. The number of carbonyl (C=O) groups is 1. The van der Waals surface area contributed by atoms with E-state index in [1.54, 1.807) is 7.05 Å². The first-order valence-electron chi connectivity index (χ1n) is 9.26. The van der Waals surface area contributed by atoms with Crippen LogP contribution in [0.5, 0.6) is 5.75 Å². The maximum Gasteiger partial charge on any atom is 0.246 e. The third kappa shape index (κ3) is 5.37. The molecule has 1 heterocycles. The molecule has 0 aliphatic carbocycles. The van der Waals surface area contributed by atoms with Gasteiger partial charge in [0, 0.05) is 31.4 Å². The number of anilines is 1. The molecule has 2 N–H and O–H groups in total. The number of fused-ring (bicyclic) bond motifs is 1. The van der Waals surface area contributed by atoms with E-state index in [9.17, 15) is 4.79 Å². The Morgan fingerprint density at radius 1 is 1.14 bits per heavy atom. The summed E-state index contributed by atoms with van der Waals surface area (Å²) < 4.78 is 5.64. The fourth-order valence-electron chi connectivity index (χ4n) is 3.20. The Kier molecular flexibility index (Phi) is 8.56. The number of para-hydroxylation sites is 2. The van der Waals surface area contributed by atoms with Crippen LogP contribution in [0.4, 0.5) is 5.69 Å². The third-order valence-electron chi connectivity index (χ3n) is 4.54. The number of guanidine groups is 1. The molecule has 0 bridgehead atoms. The Balaban J connectivity index is 0.00000280. The number of rotatable bonds is 6. The molecule has 1 amide bonds. The lowest BCUT2D eigenvalue weighted by atomic mass is 10.2. The van der Waals surface area contributed by atoms with Gasteiger partial charge in [-0.2, -0.15) is 0 Å². The van der Waals surface area contributed by atoms with Crippen molar-refractivity contribution >= 4 is 41.5 Å². The van der Waals surface area contributed by atoms with Gasteiger partial charge in [0.05, 0.1) is 13.2 Å². The maximum absolute atomic E-state index is 12.6. The first-order valence-corrected chi connectivity index (χ1v) is 9.26. The molecule has 2 aromatic rings. The normalized spacial score (nSPS) is 12.8. The molecule has 6 nitrogen and oxygen atoms in total. The van der Waals surface area contributed by atoms with Crippen molar-refractivity contribution in [2.45, 2.75) is 19.9 Å². The van der Waals surface area contributed by atoms with Crippen LogP contribution in [0.3, 0.4) is 0 Å². The van der Waals surface area contributed by atoms with Crippen LogP contribution in [0.25, 0.3) is 0 Å². The van der Waals surface area contributed by atoms with Crippen molar-refractivity contribution < 1.29 is 9.53 Å². The average molecular weight is 494 g/mol. The fraction of sp³-hybridized carbons (Fsp3) is 0.333. The van der Waals surface area contributed by atoms with E-state index in [0.717, 1.165) is 30.0 Å². The molecule has 0 aromatic heterocycles. The van der Waals surface area contributed by atoms with E-state index in [1.165, 1.54) is 5.56 Å². The molecule has 150 valence electrons. The zero-order chi connectivity index (χ0) is 19.1. The number of amides is 1. The number of nitrogens with one attached hydrogen (secondary N) is 2. The predicted octanol–water partition coefficient (Wildman–Crippen LogP) is 2.96. The highest BCUT2D eigenvalue weighted by Crippen LogP contribution is 2.27. The summed E-state index contributed by atoms with van der Waals surface area (Å²) in [5.74, 6) is 1.48. The quantitative estimate of drug-likeness (QED) is 0.368. The summed E-state index contributed by atoms with van der Waals surface area (Å²) in [4.78, 5) is 18.6. The predicted molar refractivity (Wildman–Crippen MR) is 124 cm³/mol. The zero-order valence-corrected chi connectivity index (χ0v) is 18.6. The molecule has 0 spiro atoms. The summed E-state index contributed by atoms with van der Waals surface area (Å²) in [6.07, 6.45) is 0.906. The molecule has 0 unspecified atom stereocenters. The SMILES string of the molecule is CCOc1ccccc1CNC(=NC)NCC(=O)N1CCc2ccccc21.I. The van der Waals surface area contributed by atoms with Gasteiger partial charge in [0.1, 0.15) is 5.75 Å². The molecular formula is C21H27IN4O2. The molecular weight excluding hydrogens is 467 g/mol. The topological polar surface area (TPSA) is 66.0 Å². The van der Waals surface area contributed by atoms with Crippen LogP contribution in [-0.4, -0.2) is 38.6 Å². The molecule has 3 rings (SSSR count). The van der Waals surface area contributed by atoms with E-state index in [4.69, 9.17) is 4.74 Å². The highest BCUT2D eigenvalue weighted by Gasteiger charge is 2.23. The molecule has 7 heteroatoms. The van der Waals surface area contributed by atoms with Crippen molar-refractivity contribution in [1.82, 2.24) is 10.6 Å². The molecule has 0 saturated carbocycles. The smallest absolute Gasteiger partial charge is 0.246 e. The van der Waals surface area contributed by atoms with Crippen LogP contribution in [0, 0.1) is 0 Å². The molecule has 1 aliphatic rings. The van der Waals surface area contributed by atoms with E-state index in [-0.39, 0.29) is 36.4 Å². The van der Waals surface area contributed by atoms with Gasteiger partial charge < -0.3 is 20.3 Å². The van der Waals surface area contributed by atoms with E-state index in [1.807, 2.05) is 54.3 Å². The minimum Gasteiger partial charge on any atom is -0.494 e. The lowest BCUT2D eigenvalue weighted by molar-refractivity contribution is -0.117. The number of hydrogen-bond acceptors (Lipinski definition) is 3. The summed E-state index contributed by atoms with van der Waals surface area (Å²) in [5, 5.41) is 6.34. The van der Waals surface area contributed by atoms with Gasteiger partial charge in [-0.3, -0.25) is 9.79 Å². The summed E-state index contributed by atoms with van der Waals surface area (Å²) in [5.41, 5.74) is 3.28. The van der Waals surface area contributed by atoms with Crippen molar-refractivity contribution in [1.29, 1.82) is 0 Å². The van der Waals surface area contributed by atoms with Gasteiger partial charge in [-0.1, -0.05) is 36.4 Å². The van der Waals surface area contributed by atoms with Crippen LogP contribution in [0.1, 0.15) is 18.1 Å². The number of ether oxygens (including phenoxy) is 1. The van der Waals surface area contributed by atoms with Crippen molar-refractivity contribution in [3.05, 3.63) is 59.7 Å². The first-order chi connectivity index (χ1) is 13.2. The second-order valence-electron chi connectivity index (χ2n) is 6.24. The third-order valence-corrected chi connectivity index (χ3v) is 4.54. The highest BCUT2D eigenvalue weighted by molar-refractivity contribution is 14.0. The molecule has 2 aromatic carbocycles. The Hall–Kier alpha value is -2.29. The number of halogens is 1. The maximum atomic E-state index is 12.6. The molecule has 0 fully saturated rings. The van der Waals surface area contributed by atoms with Crippen LogP contribution in [-0.2, 0) is 17.8 Å². The van der Waals surface area contributed by atoms with Crippen LogP contribution < -0.4 is 20.3 Å². The summed E-state index contributed by atoms with van der Waals surface area (Å²) >= 11 is 0. The Labute approximate surface area is 183 Å². The van der Waals surface area contributed by atoms with Gasteiger partial charge in [-0.15, -0.1) is 24.0 Å². The monoisotopic (exact) mass is 494 g/mol. The highest BCUT2D eigenvalue weighted by atomic mass is 127. The summed E-state index contributed by atoms with van der Waals surface area (Å²) in [6.45, 7) is 4.08. The standard InChI is InChI=1S/C21H26N4O2.HI/c1-3-27-19-11-7-5-9-17(19)14-23-21(22-2)24-15-20(26)25-13-12-16-8-4-6-10-18(16)25;/h4-11H,3,12-15H2,1-2H3,(H2,22,23,24);1H. The second kappa shape index (κ2) is 10.9. The Morgan fingerprint density at radius 2 is 1.89 bits per heavy atom. The van der Waals surface area contributed by atoms with Crippen molar-refractivity contribution in [2.75, 3.05) is 31.6 Å². The minimum atomic E-state index is 0. The van der Waals surface area contributed by atoms with Crippen LogP contribution in [0.2, 0.25) is 0 Å². The fourth-order valence-corrected chi connectivity index (χ4v) is 3.20. The summed E-state index contributed by atoms with van der Waals surface area (Å²) in [7, 11) is 1.69. The van der Waals surface area contributed by atoms with Gasteiger partial charge in [0.15, 0.2) is 5.96 Å². The van der Waals surface area contributed by atoms with Crippen LogP contribution in [0.15, 0.2) is 53.5 Å². The van der Waals surface area contributed by atoms with E-state index in [2.05, 4.69) is 21.7 Å². The number of nitrogens with zero attached hydrogens (tertiary/aromatic N) is 2. The van der Waals surface area contributed by atoms with Crippen molar-refractivity contribution in [3.8, 4) is 5.75 Å². The average Bonchev–Trinajstić information content (AvgIpc) is 3.13.